The molecule has 0 aromatic heterocycles. The van der Waals surface area contributed by atoms with Gasteiger partial charge in [-0.15, -0.1) is 11.8 Å². The van der Waals surface area contributed by atoms with Gasteiger partial charge in [-0.25, -0.2) is 0 Å². The Morgan fingerprint density at radius 2 is 2.06 bits per heavy atom. The second-order valence-corrected chi connectivity index (χ2v) is 5.27. The van der Waals surface area contributed by atoms with Gasteiger partial charge < -0.3 is 4.90 Å². The second-order valence-electron chi connectivity index (χ2n) is 4.19. The Labute approximate surface area is 106 Å². The zero-order valence-electron chi connectivity index (χ0n) is 10.1. The Morgan fingerprint density at radius 3 is 2.71 bits per heavy atom. The van der Waals surface area contributed by atoms with Gasteiger partial charge in [0.15, 0.2) is 0 Å². The molecule has 1 aromatic rings. The van der Waals surface area contributed by atoms with Gasteiger partial charge in [0.25, 0.3) is 0 Å². The van der Waals surface area contributed by atoms with Crippen LogP contribution in [0.2, 0.25) is 0 Å². The standard InChI is InChI=1S/C13H16N2OS/c1-15(2)13(16)11-8-9-17-12(14-11)10-6-4-3-5-7-10/h3-7,11H,8-9H2,1-2H3. The minimum absolute atomic E-state index is 0.0960. The van der Waals surface area contributed by atoms with Crippen molar-refractivity contribution in [1.29, 1.82) is 0 Å². The van der Waals surface area contributed by atoms with Crippen LogP contribution in [0.3, 0.4) is 0 Å². The number of hydrogen-bond donors (Lipinski definition) is 0. The van der Waals surface area contributed by atoms with E-state index in [1.54, 1.807) is 30.8 Å². The molecule has 0 bridgehead atoms. The molecule has 0 saturated carbocycles. The van der Waals surface area contributed by atoms with E-state index >= 15 is 0 Å². The minimum atomic E-state index is -0.207. The predicted molar refractivity (Wildman–Crippen MR) is 72.5 cm³/mol. The van der Waals surface area contributed by atoms with Crippen LogP contribution in [-0.2, 0) is 4.79 Å². The quantitative estimate of drug-likeness (QED) is 0.802. The number of carbonyl (C=O) groups is 1. The largest absolute Gasteiger partial charge is 0.347 e. The summed E-state index contributed by atoms with van der Waals surface area (Å²) in [6.45, 7) is 0. The third-order valence-electron chi connectivity index (χ3n) is 2.65. The molecule has 0 saturated heterocycles. The predicted octanol–water partition coefficient (Wildman–Crippen LogP) is 2.03. The molecular weight excluding hydrogens is 232 g/mol. The maximum atomic E-state index is 11.9. The summed E-state index contributed by atoms with van der Waals surface area (Å²) >= 11 is 1.73. The summed E-state index contributed by atoms with van der Waals surface area (Å²) in [6, 6.07) is 9.84. The number of nitrogens with zero attached hydrogens (tertiary/aromatic N) is 2. The molecule has 1 unspecified atom stereocenters. The monoisotopic (exact) mass is 248 g/mol. The van der Waals surface area contributed by atoms with Crippen LogP contribution in [0.4, 0.5) is 0 Å². The van der Waals surface area contributed by atoms with E-state index in [0.29, 0.717) is 0 Å². The first kappa shape index (κ1) is 12.2. The van der Waals surface area contributed by atoms with Gasteiger partial charge in [-0.3, -0.25) is 9.79 Å². The molecule has 0 fully saturated rings. The Kier molecular flexibility index (Phi) is 3.84. The van der Waals surface area contributed by atoms with E-state index in [0.717, 1.165) is 22.8 Å². The number of thioether (sulfide) groups is 1. The van der Waals surface area contributed by atoms with Crippen LogP contribution in [0.25, 0.3) is 0 Å². The summed E-state index contributed by atoms with van der Waals surface area (Å²) in [7, 11) is 3.56. The lowest BCUT2D eigenvalue weighted by molar-refractivity contribution is -0.130. The first-order valence-electron chi connectivity index (χ1n) is 5.65. The molecule has 0 radical (unpaired) electrons. The Hall–Kier alpha value is -1.29. The topological polar surface area (TPSA) is 32.7 Å². The van der Waals surface area contributed by atoms with E-state index in [-0.39, 0.29) is 11.9 Å². The van der Waals surface area contributed by atoms with Crippen molar-refractivity contribution in [3.63, 3.8) is 0 Å². The average molecular weight is 248 g/mol. The fraction of sp³-hybridized carbons (Fsp3) is 0.385. The van der Waals surface area contributed by atoms with Crippen LogP contribution in [0.5, 0.6) is 0 Å². The van der Waals surface area contributed by atoms with E-state index in [1.807, 2.05) is 30.3 Å². The molecule has 0 N–H and O–H groups in total. The van der Waals surface area contributed by atoms with Crippen molar-refractivity contribution in [2.75, 3.05) is 19.8 Å². The maximum Gasteiger partial charge on any atom is 0.246 e. The first-order valence-corrected chi connectivity index (χ1v) is 6.64. The highest BCUT2D eigenvalue weighted by Crippen LogP contribution is 2.23. The molecule has 1 aliphatic heterocycles. The maximum absolute atomic E-state index is 11.9. The van der Waals surface area contributed by atoms with Crippen molar-refractivity contribution in [3.8, 4) is 0 Å². The molecular formula is C13H16N2OS. The first-order chi connectivity index (χ1) is 8.18. The molecule has 1 aromatic carbocycles. The molecule has 0 spiro atoms. The number of rotatable bonds is 2. The Morgan fingerprint density at radius 1 is 1.35 bits per heavy atom. The SMILES string of the molecule is CN(C)C(=O)C1CCSC(c2ccccc2)=N1. The van der Waals surface area contributed by atoms with Gasteiger partial charge in [0.1, 0.15) is 6.04 Å². The van der Waals surface area contributed by atoms with E-state index in [1.165, 1.54) is 0 Å². The number of likely N-dealkylation sites (N-methyl/N-ethyl adjacent to an activating group) is 1. The molecule has 1 aliphatic rings. The molecule has 90 valence electrons. The number of hydrogen-bond acceptors (Lipinski definition) is 3. The lowest BCUT2D eigenvalue weighted by atomic mass is 10.2. The van der Waals surface area contributed by atoms with E-state index in [9.17, 15) is 4.79 Å². The van der Waals surface area contributed by atoms with Crippen molar-refractivity contribution in [3.05, 3.63) is 35.9 Å². The summed E-state index contributed by atoms with van der Waals surface area (Å²) in [5.41, 5.74) is 1.11. The highest BCUT2D eigenvalue weighted by Gasteiger charge is 2.24. The van der Waals surface area contributed by atoms with Gasteiger partial charge in [-0.1, -0.05) is 30.3 Å². The van der Waals surface area contributed by atoms with Crippen LogP contribution in [0, 0.1) is 0 Å². The van der Waals surface area contributed by atoms with E-state index in [2.05, 4.69) is 4.99 Å². The van der Waals surface area contributed by atoms with E-state index in [4.69, 9.17) is 0 Å². The molecule has 1 atom stereocenters. The van der Waals surface area contributed by atoms with Gasteiger partial charge in [0.05, 0.1) is 5.04 Å². The van der Waals surface area contributed by atoms with Gasteiger partial charge >= 0.3 is 0 Å². The Bertz CT molecular complexity index is 428. The summed E-state index contributed by atoms with van der Waals surface area (Å²) < 4.78 is 0. The van der Waals surface area contributed by atoms with Crippen molar-refractivity contribution < 1.29 is 4.79 Å². The summed E-state index contributed by atoms with van der Waals surface area (Å²) in [5, 5.41) is 0.983. The van der Waals surface area contributed by atoms with Crippen LogP contribution in [-0.4, -0.2) is 41.7 Å². The number of carbonyl (C=O) groups excluding carboxylic acids is 1. The van der Waals surface area contributed by atoms with Crippen molar-refractivity contribution in [1.82, 2.24) is 4.90 Å². The Balaban J connectivity index is 2.22. The molecule has 0 aliphatic carbocycles. The zero-order chi connectivity index (χ0) is 12.3. The molecule has 1 heterocycles. The normalized spacial score (nSPS) is 19.6. The lowest BCUT2D eigenvalue weighted by Crippen LogP contribution is -2.35. The third-order valence-corrected chi connectivity index (χ3v) is 3.70. The highest BCUT2D eigenvalue weighted by atomic mass is 32.2. The fourth-order valence-corrected chi connectivity index (χ4v) is 2.76. The fourth-order valence-electron chi connectivity index (χ4n) is 1.73. The van der Waals surface area contributed by atoms with Crippen LogP contribution in [0.15, 0.2) is 35.3 Å². The number of aliphatic imine (C=N–C) groups is 1. The lowest BCUT2D eigenvalue weighted by Gasteiger charge is -2.22. The average Bonchev–Trinajstić information content (AvgIpc) is 2.39. The summed E-state index contributed by atoms with van der Waals surface area (Å²) in [6.07, 6.45) is 0.831. The smallest absolute Gasteiger partial charge is 0.246 e. The van der Waals surface area contributed by atoms with Crippen molar-refractivity contribution in [2.45, 2.75) is 12.5 Å². The minimum Gasteiger partial charge on any atom is -0.347 e. The summed E-state index contributed by atoms with van der Waals surface area (Å²) in [5.74, 6) is 1.05. The van der Waals surface area contributed by atoms with E-state index < -0.39 is 0 Å². The van der Waals surface area contributed by atoms with Crippen molar-refractivity contribution >= 4 is 22.7 Å². The molecule has 1 amide bonds. The van der Waals surface area contributed by atoms with Crippen LogP contribution < -0.4 is 0 Å². The summed E-state index contributed by atoms with van der Waals surface area (Å²) in [4.78, 5) is 18.1. The molecule has 2 rings (SSSR count). The third kappa shape index (κ3) is 2.88. The molecule has 17 heavy (non-hydrogen) atoms. The number of benzene rings is 1. The van der Waals surface area contributed by atoms with Crippen LogP contribution >= 0.6 is 11.8 Å². The highest BCUT2D eigenvalue weighted by molar-refractivity contribution is 8.14. The number of amides is 1. The van der Waals surface area contributed by atoms with Crippen LogP contribution in [0.1, 0.15) is 12.0 Å². The molecule has 3 nitrogen and oxygen atoms in total. The van der Waals surface area contributed by atoms with Gasteiger partial charge in [0, 0.05) is 25.4 Å². The molecule has 4 heteroatoms. The van der Waals surface area contributed by atoms with Gasteiger partial charge in [0.2, 0.25) is 5.91 Å². The van der Waals surface area contributed by atoms with Crippen molar-refractivity contribution in [2.24, 2.45) is 4.99 Å². The van der Waals surface area contributed by atoms with Gasteiger partial charge in [-0.05, 0) is 6.42 Å². The zero-order valence-corrected chi connectivity index (χ0v) is 10.9. The second kappa shape index (κ2) is 5.36. The van der Waals surface area contributed by atoms with Gasteiger partial charge in [-0.2, -0.15) is 0 Å².